The fraction of sp³-hybridized carbons (Fsp3) is 0. The minimum Gasteiger partial charge on any atom is -0.822 e. The molecule has 13 heavy (non-hydrogen) atoms. The van der Waals surface area contributed by atoms with Gasteiger partial charge in [0.1, 0.15) is 0 Å². The van der Waals surface area contributed by atoms with Crippen LogP contribution in [0.4, 0.5) is 0 Å². The summed E-state index contributed by atoms with van der Waals surface area (Å²) in [4.78, 5) is 51.3. The van der Waals surface area contributed by atoms with Crippen LogP contribution in [-0.2, 0) is 9.13 Å². The first-order valence-corrected chi connectivity index (χ1v) is 4.38. The molecule has 0 aliphatic rings. The summed E-state index contributed by atoms with van der Waals surface area (Å²) in [5, 5.41) is 0. The third kappa shape index (κ3) is 353. The maximum absolute atomic E-state index is 8.55. The Bertz CT molecular complexity index is 134. The predicted molar refractivity (Wildman–Crippen MR) is 26.7 cm³/mol. The number of hydrogen-bond acceptors (Lipinski definition) is 8. The minimum absolute atomic E-state index is 0. The zero-order valence-electron chi connectivity index (χ0n) is 6.44. The van der Waals surface area contributed by atoms with Crippen LogP contribution in [0, 0.1) is 0 Å². The largest absolute Gasteiger partial charge is 3.00 e. The molecule has 64 valence electrons. The Hall–Kier alpha value is 2.54. The molecule has 0 bridgehead atoms. The van der Waals surface area contributed by atoms with Crippen molar-refractivity contribution in [3.8, 4) is 0 Å². The Labute approximate surface area is 128 Å². The van der Waals surface area contributed by atoms with Crippen LogP contribution < -0.4 is 58.9 Å². The molecule has 0 aliphatic heterocycles. The molecule has 0 saturated carbocycles. The number of rotatable bonds is 0. The molecule has 0 N–H and O–H groups in total. The molecule has 0 rings (SSSR count). The van der Waals surface area contributed by atoms with Crippen molar-refractivity contribution in [3.63, 3.8) is 0 Å². The Balaban J connectivity index is -0.0000000267. The second-order valence-corrected chi connectivity index (χ2v) is 2.68. The fourth-order valence-corrected chi connectivity index (χ4v) is 0. The molecule has 0 atom stereocenters. The third-order valence-electron chi connectivity index (χ3n) is 0. The third-order valence-corrected chi connectivity index (χ3v) is 0. The van der Waals surface area contributed by atoms with Gasteiger partial charge in [0.05, 0.1) is 0 Å². The van der Waals surface area contributed by atoms with Gasteiger partial charge in [-0.25, -0.2) is 0 Å². The second kappa shape index (κ2) is 12.6. The summed E-state index contributed by atoms with van der Waals surface area (Å²) in [7, 11) is -10.8. The zero-order valence-corrected chi connectivity index (χ0v) is 12.4. The maximum atomic E-state index is 8.55. The first-order valence-electron chi connectivity index (χ1n) is 1.46. The Kier molecular flexibility index (Phi) is 28.7. The van der Waals surface area contributed by atoms with Crippen molar-refractivity contribution in [2.75, 3.05) is 0 Å². The van der Waals surface area contributed by atoms with Gasteiger partial charge in [-0.2, -0.15) is 15.6 Å². The minimum atomic E-state index is -5.39. The quantitative estimate of drug-likeness (QED) is 0.306. The van der Waals surface area contributed by atoms with E-state index in [0.29, 0.717) is 0 Å². The summed E-state index contributed by atoms with van der Waals surface area (Å²) in [6.07, 6.45) is 0. The van der Waals surface area contributed by atoms with Crippen LogP contribution >= 0.6 is 15.6 Å². The van der Waals surface area contributed by atoms with E-state index in [0.717, 1.165) is 0 Å². The molecule has 0 unspecified atom stereocenters. The van der Waals surface area contributed by atoms with E-state index in [9.17, 15) is 0 Å². The van der Waals surface area contributed by atoms with Gasteiger partial charge in [-0.05, 0) is 0 Å². The van der Waals surface area contributed by atoms with Gasteiger partial charge in [-0.15, -0.1) is 0 Å². The van der Waals surface area contributed by atoms with E-state index in [1.165, 1.54) is 0 Å². The number of phosphoric acid groups is 2. The Morgan fingerprint density at radius 1 is 0.692 bits per heavy atom. The normalized spacial score (nSPS) is 9.08. The van der Waals surface area contributed by atoms with Gasteiger partial charge in [-0.1, -0.05) is 0 Å². The van der Waals surface area contributed by atoms with Crippen LogP contribution in [0.1, 0.15) is 0 Å². The molecule has 0 heterocycles. The van der Waals surface area contributed by atoms with Gasteiger partial charge in [0.2, 0.25) is 0 Å². The van der Waals surface area contributed by atoms with E-state index in [2.05, 4.69) is 0 Å². The summed E-state index contributed by atoms with van der Waals surface area (Å²) in [6.45, 7) is 0. The summed E-state index contributed by atoms with van der Waals surface area (Å²) in [5.41, 5.74) is 0. The molecule has 0 fully saturated rings. The smallest absolute Gasteiger partial charge is 0.822 e. The van der Waals surface area contributed by atoms with E-state index in [1.54, 1.807) is 0 Å². The Morgan fingerprint density at radius 2 is 0.692 bits per heavy atom. The van der Waals surface area contributed by atoms with E-state index >= 15 is 0 Å². The van der Waals surface area contributed by atoms with Crippen LogP contribution in [0.25, 0.3) is 0 Å². The summed E-state index contributed by atoms with van der Waals surface area (Å²) in [5.74, 6) is 0. The summed E-state index contributed by atoms with van der Waals surface area (Å²) in [6, 6.07) is 0. The van der Waals surface area contributed by atoms with Crippen molar-refractivity contribution in [1.29, 1.82) is 0 Å². The van der Waals surface area contributed by atoms with Gasteiger partial charge in [0.15, 0.2) is 0 Å². The molecule has 0 aromatic carbocycles. The first-order chi connectivity index (χ1) is 4.00. The van der Waals surface area contributed by atoms with E-state index in [1.807, 2.05) is 0 Å². The molecule has 0 spiro atoms. The van der Waals surface area contributed by atoms with Gasteiger partial charge in [0, 0.05) is 0 Å². The average Bonchev–Trinajstić information content (AvgIpc) is 1.12. The Morgan fingerprint density at radius 3 is 0.692 bits per heavy atom. The average molecular weight is 264 g/mol. The zero-order chi connectivity index (χ0) is 9.00. The van der Waals surface area contributed by atoms with Crippen molar-refractivity contribution in [2.45, 2.75) is 0 Å². The van der Waals surface area contributed by atoms with Gasteiger partial charge in [-0.3, -0.25) is 0 Å². The van der Waals surface area contributed by atoms with Crippen molar-refractivity contribution >= 4 is 61.8 Å². The van der Waals surface area contributed by atoms with Crippen molar-refractivity contribution in [3.05, 3.63) is 0 Å². The van der Waals surface area contributed by atoms with E-state index < -0.39 is 15.6 Å². The topological polar surface area (TPSA) is 172 Å². The van der Waals surface area contributed by atoms with Gasteiger partial charge < -0.3 is 38.5 Å². The molecule has 0 aromatic rings. The van der Waals surface area contributed by atoms with Crippen molar-refractivity contribution < 1.29 is 68.0 Å². The molecular formula is BCaNaO8P2. The summed E-state index contributed by atoms with van der Waals surface area (Å²) < 4.78 is 17.1. The summed E-state index contributed by atoms with van der Waals surface area (Å²) >= 11 is 0. The van der Waals surface area contributed by atoms with Crippen LogP contribution in [-0.4, -0.2) is 46.2 Å². The molecule has 0 radical (unpaired) electrons. The molecular weight excluding hydrogens is 264 g/mol. The second-order valence-electron chi connectivity index (χ2n) is 0.894. The van der Waals surface area contributed by atoms with Crippen LogP contribution in [0.2, 0.25) is 0 Å². The fourth-order valence-electron chi connectivity index (χ4n) is 0. The van der Waals surface area contributed by atoms with E-state index in [-0.39, 0.29) is 75.7 Å². The SMILES string of the molecule is O=P([O-])([O-])[O-].O=P([O-])([O-])[O-].[B+3].[Ca+2].[Na+]. The monoisotopic (exact) mass is 264 g/mol. The molecule has 0 aromatic heterocycles. The molecule has 0 aliphatic carbocycles. The molecule has 8 nitrogen and oxygen atoms in total. The molecule has 0 amide bonds. The van der Waals surface area contributed by atoms with Crippen LogP contribution in [0.3, 0.4) is 0 Å². The standard InChI is InChI=1S/B.Ca.Na.2H3O4P/c;;;2*1-5(2,3)4/h;;;2*(H3,1,2,3,4)/q+3;+2;+1;;/p-6. The van der Waals surface area contributed by atoms with Crippen molar-refractivity contribution in [1.82, 2.24) is 0 Å². The van der Waals surface area contributed by atoms with Gasteiger partial charge in [0.25, 0.3) is 0 Å². The predicted octanol–water partition coefficient (Wildman–Crippen LogP) is -9.41. The molecule has 13 heteroatoms. The van der Waals surface area contributed by atoms with Crippen molar-refractivity contribution in [2.24, 2.45) is 0 Å². The first kappa shape index (κ1) is 29.6. The van der Waals surface area contributed by atoms with Gasteiger partial charge >= 0.3 is 75.7 Å². The van der Waals surface area contributed by atoms with E-state index in [4.69, 9.17) is 38.5 Å². The maximum Gasteiger partial charge on any atom is 3.00 e. The number of hydrogen-bond donors (Lipinski definition) is 0. The van der Waals surface area contributed by atoms with Crippen LogP contribution in [0.15, 0.2) is 0 Å². The molecule has 0 saturated heterocycles. The van der Waals surface area contributed by atoms with Crippen LogP contribution in [0.5, 0.6) is 0 Å².